The topological polar surface area (TPSA) is 52.7 Å². The molecule has 2 aromatic carbocycles. The van der Waals surface area contributed by atoms with Crippen LogP contribution >= 0.6 is 11.3 Å². The lowest BCUT2D eigenvalue weighted by Crippen LogP contribution is -2.48. The molecule has 4 rings (SSSR count). The standard InChI is InChI=1S/C23H25N3O2S/c1-17(27)24-15-20-9-10-22(29-20)23(28)26-13-11-25(12-14-26)16-19-7-4-6-18-5-2-3-8-21(18)19/h2-10H,11-16H2,1H3,(H,24,27). The molecule has 1 N–H and O–H groups in total. The Morgan fingerprint density at radius 1 is 0.966 bits per heavy atom. The molecule has 1 aliphatic rings. The fourth-order valence-electron chi connectivity index (χ4n) is 3.74. The van der Waals surface area contributed by atoms with E-state index in [2.05, 4.69) is 52.7 Å². The van der Waals surface area contributed by atoms with Gasteiger partial charge in [0.25, 0.3) is 5.91 Å². The van der Waals surface area contributed by atoms with E-state index >= 15 is 0 Å². The predicted octanol–water partition coefficient (Wildman–Crippen LogP) is 3.50. The van der Waals surface area contributed by atoms with Crippen LogP contribution in [-0.2, 0) is 17.9 Å². The molecule has 0 spiro atoms. The number of thiophene rings is 1. The zero-order chi connectivity index (χ0) is 20.2. The summed E-state index contributed by atoms with van der Waals surface area (Å²) >= 11 is 1.46. The normalized spacial score (nSPS) is 14.9. The Morgan fingerprint density at radius 3 is 2.52 bits per heavy atom. The molecule has 29 heavy (non-hydrogen) atoms. The summed E-state index contributed by atoms with van der Waals surface area (Å²) in [7, 11) is 0. The van der Waals surface area contributed by atoms with Crippen LogP contribution in [0.1, 0.15) is 27.0 Å². The second-order valence-corrected chi connectivity index (χ2v) is 8.55. The minimum atomic E-state index is -0.0615. The fourth-order valence-corrected chi connectivity index (χ4v) is 4.65. The first-order valence-electron chi connectivity index (χ1n) is 9.91. The van der Waals surface area contributed by atoms with E-state index in [-0.39, 0.29) is 11.8 Å². The summed E-state index contributed by atoms with van der Waals surface area (Å²) in [5, 5.41) is 5.35. The van der Waals surface area contributed by atoms with Gasteiger partial charge in [-0.1, -0.05) is 42.5 Å². The van der Waals surface area contributed by atoms with Crippen LogP contribution in [0.3, 0.4) is 0 Å². The van der Waals surface area contributed by atoms with E-state index in [0.717, 1.165) is 42.5 Å². The molecule has 2 heterocycles. The van der Waals surface area contributed by atoms with Gasteiger partial charge in [0, 0.05) is 44.5 Å². The van der Waals surface area contributed by atoms with Gasteiger partial charge < -0.3 is 10.2 Å². The van der Waals surface area contributed by atoms with Gasteiger partial charge in [0.2, 0.25) is 5.91 Å². The van der Waals surface area contributed by atoms with Crippen LogP contribution < -0.4 is 5.32 Å². The molecule has 0 aliphatic carbocycles. The highest BCUT2D eigenvalue weighted by Gasteiger charge is 2.23. The molecule has 0 atom stereocenters. The van der Waals surface area contributed by atoms with Gasteiger partial charge in [-0.15, -0.1) is 11.3 Å². The molecule has 0 bridgehead atoms. The van der Waals surface area contributed by atoms with Crippen molar-refractivity contribution in [2.45, 2.75) is 20.0 Å². The molecule has 5 nitrogen and oxygen atoms in total. The summed E-state index contributed by atoms with van der Waals surface area (Å²) < 4.78 is 0. The summed E-state index contributed by atoms with van der Waals surface area (Å²) in [5.74, 6) is 0.0301. The van der Waals surface area contributed by atoms with Crippen LogP contribution in [0.5, 0.6) is 0 Å². The van der Waals surface area contributed by atoms with Gasteiger partial charge >= 0.3 is 0 Å². The number of carbonyl (C=O) groups excluding carboxylic acids is 2. The average molecular weight is 408 g/mol. The van der Waals surface area contributed by atoms with E-state index in [1.165, 1.54) is 34.6 Å². The third-order valence-electron chi connectivity index (χ3n) is 5.32. The third kappa shape index (κ3) is 4.66. The highest BCUT2D eigenvalue weighted by atomic mass is 32.1. The number of amides is 2. The SMILES string of the molecule is CC(=O)NCc1ccc(C(=O)N2CCN(Cc3cccc4ccccc34)CC2)s1. The lowest BCUT2D eigenvalue weighted by Gasteiger charge is -2.34. The molecule has 6 heteroatoms. The van der Waals surface area contributed by atoms with E-state index in [9.17, 15) is 9.59 Å². The number of fused-ring (bicyclic) bond motifs is 1. The number of carbonyl (C=O) groups is 2. The van der Waals surface area contributed by atoms with Crippen molar-refractivity contribution in [3.8, 4) is 0 Å². The van der Waals surface area contributed by atoms with E-state index in [0.29, 0.717) is 6.54 Å². The van der Waals surface area contributed by atoms with Gasteiger partial charge in [-0.25, -0.2) is 0 Å². The fraction of sp³-hybridized carbons (Fsp3) is 0.304. The Morgan fingerprint density at radius 2 is 1.72 bits per heavy atom. The number of hydrogen-bond acceptors (Lipinski definition) is 4. The number of hydrogen-bond donors (Lipinski definition) is 1. The number of nitrogens with zero attached hydrogens (tertiary/aromatic N) is 2. The Kier molecular flexibility index (Phi) is 5.92. The van der Waals surface area contributed by atoms with Gasteiger partial charge in [0.1, 0.15) is 0 Å². The Hall–Kier alpha value is -2.70. The molecule has 1 aromatic heterocycles. The monoisotopic (exact) mass is 407 g/mol. The summed E-state index contributed by atoms with van der Waals surface area (Å²) in [4.78, 5) is 30.0. The second-order valence-electron chi connectivity index (χ2n) is 7.38. The molecule has 2 amide bonds. The van der Waals surface area contributed by atoms with Gasteiger partial charge in [0.15, 0.2) is 0 Å². The lowest BCUT2D eigenvalue weighted by molar-refractivity contribution is -0.119. The Labute approximate surface area is 174 Å². The average Bonchev–Trinajstić information content (AvgIpc) is 3.22. The van der Waals surface area contributed by atoms with Crippen LogP contribution in [0.2, 0.25) is 0 Å². The van der Waals surface area contributed by atoms with Crippen molar-refractivity contribution >= 4 is 33.9 Å². The molecule has 1 fully saturated rings. The predicted molar refractivity (Wildman–Crippen MR) is 117 cm³/mol. The number of rotatable bonds is 5. The first-order valence-corrected chi connectivity index (χ1v) is 10.7. The van der Waals surface area contributed by atoms with Gasteiger partial charge in [-0.2, -0.15) is 0 Å². The van der Waals surface area contributed by atoms with Crippen molar-refractivity contribution in [2.24, 2.45) is 0 Å². The highest BCUT2D eigenvalue weighted by Crippen LogP contribution is 2.22. The maximum atomic E-state index is 12.8. The molecule has 0 unspecified atom stereocenters. The summed E-state index contributed by atoms with van der Waals surface area (Å²) in [6.45, 7) is 6.11. The minimum absolute atomic E-state index is 0.0615. The minimum Gasteiger partial charge on any atom is -0.351 e. The number of benzene rings is 2. The van der Waals surface area contributed by atoms with Gasteiger partial charge in [-0.3, -0.25) is 14.5 Å². The lowest BCUT2D eigenvalue weighted by atomic mass is 10.0. The van der Waals surface area contributed by atoms with Crippen molar-refractivity contribution in [3.05, 3.63) is 69.9 Å². The van der Waals surface area contributed by atoms with Crippen LogP contribution in [0.25, 0.3) is 10.8 Å². The van der Waals surface area contributed by atoms with Crippen LogP contribution in [0, 0.1) is 0 Å². The van der Waals surface area contributed by atoms with Crippen LogP contribution in [-0.4, -0.2) is 47.8 Å². The summed E-state index contributed by atoms with van der Waals surface area (Å²) in [5.41, 5.74) is 1.34. The maximum Gasteiger partial charge on any atom is 0.264 e. The summed E-state index contributed by atoms with van der Waals surface area (Å²) in [6, 6.07) is 18.7. The number of piperazine rings is 1. The maximum absolute atomic E-state index is 12.8. The first-order chi connectivity index (χ1) is 14.1. The van der Waals surface area contributed by atoms with Crippen LogP contribution in [0.4, 0.5) is 0 Å². The number of nitrogens with one attached hydrogen (secondary N) is 1. The molecule has 150 valence electrons. The van der Waals surface area contributed by atoms with E-state index in [1.54, 1.807) is 0 Å². The smallest absolute Gasteiger partial charge is 0.264 e. The molecule has 3 aromatic rings. The third-order valence-corrected chi connectivity index (χ3v) is 6.39. The highest BCUT2D eigenvalue weighted by molar-refractivity contribution is 7.14. The Bertz CT molecular complexity index is 1020. The Balaban J connectivity index is 1.34. The van der Waals surface area contributed by atoms with Gasteiger partial charge in [0.05, 0.1) is 11.4 Å². The van der Waals surface area contributed by atoms with Gasteiger partial charge in [-0.05, 0) is 28.5 Å². The van der Waals surface area contributed by atoms with E-state index in [4.69, 9.17) is 0 Å². The zero-order valence-electron chi connectivity index (χ0n) is 16.6. The van der Waals surface area contributed by atoms with E-state index < -0.39 is 0 Å². The molecule has 1 saturated heterocycles. The van der Waals surface area contributed by atoms with Crippen molar-refractivity contribution in [2.75, 3.05) is 26.2 Å². The zero-order valence-corrected chi connectivity index (χ0v) is 17.4. The second kappa shape index (κ2) is 8.76. The van der Waals surface area contributed by atoms with Crippen molar-refractivity contribution in [1.29, 1.82) is 0 Å². The molecule has 0 radical (unpaired) electrons. The molecule has 0 saturated carbocycles. The molecular formula is C23H25N3O2S. The van der Waals surface area contributed by atoms with Crippen molar-refractivity contribution in [1.82, 2.24) is 15.1 Å². The van der Waals surface area contributed by atoms with Crippen LogP contribution in [0.15, 0.2) is 54.6 Å². The molecular weight excluding hydrogens is 382 g/mol. The van der Waals surface area contributed by atoms with Crippen molar-refractivity contribution < 1.29 is 9.59 Å². The summed E-state index contributed by atoms with van der Waals surface area (Å²) in [6.07, 6.45) is 0. The largest absolute Gasteiger partial charge is 0.351 e. The quantitative estimate of drug-likeness (QED) is 0.704. The molecule has 1 aliphatic heterocycles. The van der Waals surface area contributed by atoms with E-state index in [1.807, 2.05) is 17.0 Å². The first kappa shape index (κ1) is 19.6. The van der Waals surface area contributed by atoms with Crippen molar-refractivity contribution in [3.63, 3.8) is 0 Å².